The Bertz CT molecular complexity index is 1020. The highest BCUT2D eigenvalue weighted by molar-refractivity contribution is 7.17. The highest BCUT2D eigenvalue weighted by Gasteiger charge is 2.14. The molecule has 0 saturated carbocycles. The first-order chi connectivity index (χ1) is 14.6. The first-order valence-corrected chi connectivity index (χ1v) is 11.3. The van der Waals surface area contributed by atoms with Gasteiger partial charge in [-0.25, -0.2) is 4.98 Å². The topological polar surface area (TPSA) is 83.6 Å². The van der Waals surface area contributed by atoms with Crippen LogP contribution < -0.4 is 15.5 Å². The summed E-state index contributed by atoms with van der Waals surface area (Å²) in [5.74, 6) is -0.233. The number of amides is 2. The van der Waals surface area contributed by atoms with Crippen molar-refractivity contribution >= 4 is 45.3 Å². The molecular weight excluding hydrogens is 420 g/mol. The molecule has 0 atom stereocenters. The molecule has 0 unspecified atom stereocenters. The summed E-state index contributed by atoms with van der Waals surface area (Å²) in [6, 6.07) is 11.6. The van der Waals surface area contributed by atoms with Crippen molar-refractivity contribution in [2.24, 2.45) is 0 Å². The number of carbonyl (C=O) groups excluding carboxylic acids is 2. The highest BCUT2D eigenvalue weighted by atomic mass is 32.1. The Kier molecular flexibility index (Phi) is 6.41. The summed E-state index contributed by atoms with van der Waals surface area (Å²) in [4.78, 5) is 32.5. The molecule has 1 aliphatic rings. The molecule has 7 nitrogen and oxygen atoms in total. The van der Waals surface area contributed by atoms with Gasteiger partial charge < -0.3 is 15.0 Å². The Balaban J connectivity index is 1.37. The van der Waals surface area contributed by atoms with Gasteiger partial charge in [0.25, 0.3) is 5.91 Å². The zero-order valence-electron chi connectivity index (χ0n) is 16.5. The van der Waals surface area contributed by atoms with Crippen LogP contribution in [0.2, 0.25) is 0 Å². The van der Waals surface area contributed by atoms with Crippen LogP contribution in [0.4, 0.5) is 10.8 Å². The van der Waals surface area contributed by atoms with Crippen molar-refractivity contribution in [3.8, 4) is 10.6 Å². The summed E-state index contributed by atoms with van der Waals surface area (Å²) >= 11 is 2.97. The van der Waals surface area contributed by atoms with Crippen molar-refractivity contribution in [3.63, 3.8) is 0 Å². The molecule has 3 heterocycles. The van der Waals surface area contributed by atoms with Crippen LogP contribution in [0.5, 0.6) is 0 Å². The second-order valence-corrected chi connectivity index (χ2v) is 8.84. The van der Waals surface area contributed by atoms with E-state index in [1.165, 1.54) is 18.3 Å². The van der Waals surface area contributed by atoms with Crippen LogP contribution in [0.25, 0.3) is 10.6 Å². The van der Waals surface area contributed by atoms with Gasteiger partial charge in [-0.3, -0.25) is 14.9 Å². The van der Waals surface area contributed by atoms with Crippen molar-refractivity contribution < 1.29 is 14.3 Å². The van der Waals surface area contributed by atoms with Crippen molar-refractivity contribution in [3.05, 3.63) is 52.2 Å². The van der Waals surface area contributed by atoms with E-state index < -0.39 is 0 Å². The summed E-state index contributed by atoms with van der Waals surface area (Å²) in [7, 11) is 0. The molecule has 2 N–H and O–H groups in total. The monoisotopic (exact) mass is 442 g/mol. The summed E-state index contributed by atoms with van der Waals surface area (Å²) in [6.45, 7) is 5.20. The van der Waals surface area contributed by atoms with Gasteiger partial charge in [-0.1, -0.05) is 0 Å². The smallest absolute Gasteiger partial charge is 0.257 e. The maximum atomic E-state index is 12.6. The van der Waals surface area contributed by atoms with Crippen molar-refractivity contribution in [1.29, 1.82) is 0 Å². The van der Waals surface area contributed by atoms with E-state index in [1.807, 2.05) is 41.8 Å². The number of thiophene rings is 1. The molecule has 0 aliphatic carbocycles. The van der Waals surface area contributed by atoms with Gasteiger partial charge in [0.05, 0.1) is 30.3 Å². The minimum absolute atomic E-state index is 0.0541. The summed E-state index contributed by atoms with van der Waals surface area (Å²) < 4.78 is 5.38. The normalized spacial score (nSPS) is 13.8. The Morgan fingerprint density at radius 3 is 2.63 bits per heavy atom. The molecular formula is C21H22N4O3S2. The van der Waals surface area contributed by atoms with E-state index in [-0.39, 0.29) is 11.8 Å². The molecule has 2 aromatic heterocycles. The summed E-state index contributed by atoms with van der Waals surface area (Å²) in [5.41, 5.74) is 2.51. The van der Waals surface area contributed by atoms with E-state index in [0.29, 0.717) is 17.2 Å². The standard InChI is InChI=1S/C21H22N4O3S2/c1-14(26)22-12-17-6-7-19(30-17)18-13-29-21(23-18)24-20(27)15-2-4-16(5-3-15)25-8-10-28-11-9-25/h2-7,13H,8-12H2,1H3,(H,22,26)(H,23,24,27). The molecule has 4 rings (SSSR count). The van der Waals surface area contributed by atoms with Crippen LogP contribution in [0.3, 0.4) is 0 Å². The zero-order valence-corrected chi connectivity index (χ0v) is 18.1. The molecule has 30 heavy (non-hydrogen) atoms. The number of nitrogens with zero attached hydrogens (tertiary/aromatic N) is 2. The number of rotatable bonds is 6. The number of carbonyl (C=O) groups is 2. The van der Waals surface area contributed by atoms with Crippen LogP contribution >= 0.6 is 22.7 Å². The number of nitrogens with one attached hydrogen (secondary N) is 2. The highest BCUT2D eigenvalue weighted by Crippen LogP contribution is 2.31. The average molecular weight is 443 g/mol. The number of hydrogen-bond acceptors (Lipinski definition) is 7. The number of thiazole rings is 1. The fraction of sp³-hybridized carbons (Fsp3) is 0.286. The number of hydrogen-bond donors (Lipinski definition) is 2. The fourth-order valence-electron chi connectivity index (χ4n) is 3.08. The second kappa shape index (κ2) is 9.38. The van der Waals surface area contributed by atoms with Crippen LogP contribution in [0.1, 0.15) is 22.2 Å². The van der Waals surface area contributed by atoms with Crippen molar-refractivity contribution in [2.45, 2.75) is 13.5 Å². The number of ether oxygens (including phenoxy) is 1. The molecule has 9 heteroatoms. The third-order valence-corrected chi connectivity index (χ3v) is 6.52. The first-order valence-electron chi connectivity index (χ1n) is 9.61. The first kappa shape index (κ1) is 20.5. The second-order valence-electron chi connectivity index (χ2n) is 6.81. The van der Waals surface area contributed by atoms with E-state index in [4.69, 9.17) is 4.74 Å². The predicted octanol–water partition coefficient (Wildman–Crippen LogP) is 3.60. The third-order valence-electron chi connectivity index (χ3n) is 4.66. The number of benzene rings is 1. The van der Waals surface area contributed by atoms with E-state index in [1.54, 1.807) is 11.3 Å². The van der Waals surface area contributed by atoms with Gasteiger partial charge in [0.1, 0.15) is 0 Å². The van der Waals surface area contributed by atoms with Crippen LogP contribution in [0.15, 0.2) is 41.8 Å². The summed E-state index contributed by atoms with van der Waals surface area (Å²) in [5, 5.41) is 8.15. The SMILES string of the molecule is CC(=O)NCc1ccc(-c2csc(NC(=O)c3ccc(N4CCOCC4)cc3)n2)s1. The lowest BCUT2D eigenvalue weighted by Gasteiger charge is -2.28. The minimum atomic E-state index is -0.179. The van der Waals surface area contributed by atoms with Crippen LogP contribution in [-0.2, 0) is 16.1 Å². The van der Waals surface area contributed by atoms with Gasteiger partial charge in [-0.15, -0.1) is 22.7 Å². The lowest BCUT2D eigenvalue weighted by molar-refractivity contribution is -0.119. The molecule has 0 radical (unpaired) electrons. The lowest BCUT2D eigenvalue weighted by atomic mass is 10.2. The molecule has 156 valence electrons. The number of anilines is 2. The van der Waals surface area contributed by atoms with Gasteiger partial charge in [0, 0.05) is 41.5 Å². The van der Waals surface area contributed by atoms with Gasteiger partial charge >= 0.3 is 0 Å². The lowest BCUT2D eigenvalue weighted by Crippen LogP contribution is -2.36. The molecule has 3 aromatic rings. The van der Waals surface area contributed by atoms with Crippen molar-refractivity contribution in [2.75, 3.05) is 36.5 Å². The fourth-order valence-corrected chi connectivity index (χ4v) is 4.77. The Hall–Kier alpha value is -2.75. The van der Waals surface area contributed by atoms with Crippen molar-refractivity contribution in [1.82, 2.24) is 10.3 Å². The van der Waals surface area contributed by atoms with E-state index >= 15 is 0 Å². The molecule has 1 fully saturated rings. The molecule has 1 aliphatic heterocycles. The number of aromatic nitrogens is 1. The van der Waals surface area contributed by atoms with Gasteiger partial charge in [-0.2, -0.15) is 0 Å². The Morgan fingerprint density at radius 1 is 1.13 bits per heavy atom. The van der Waals surface area contributed by atoms with Crippen LogP contribution in [-0.4, -0.2) is 43.1 Å². The number of morpholine rings is 1. The molecule has 1 aromatic carbocycles. The quantitative estimate of drug-likeness (QED) is 0.610. The molecule has 1 saturated heterocycles. The Labute approximate surface area is 182 Å². The van der Waals surface area contributed by atoms with Crippen LogP contribution in [0, 0.1) is 0 Å². The molecule has 0 bridgehead atoms. The van der Waals surface area contributed by atoms with Gasteiger partial charge in [0.15, 0.2) is 5.13 Å². The molecule has 0 spiro atoms. The summed E-state index contributed by atoms with van der Waals surface area (Å²) in [6.07, 6.45) is 0. The average Bonchev–Trinajstić information content (AvgIpc) is 3.42. The maximum Gasteiger partial charge on any atom is 0.257 e. The maximum absolute atomic E-state index is 12.6. The van der Waals surface area contributed by atoms with E-state index in [2.05, 4.69) is 20.5 Å². The molecule has 2 amide bonds. The van der Waals surface area contributed by atoms with Gasteiger partial charge in [0.2, 0.25) is 5.91 Å². The Morgan fingerprint density at radius 2 is 1.90 bits per heavy atom. The third kappa shape index (κ3) is 5.05. The van der Waals surface area contributed by atoms with Gasteiger partial charge in [-0.05, 0) is 36.4 Å². The largest absolute Gasteiger partial charge is 0.378 e. The zero-order chi connectivity index (χ0) is 20.9. The van der Waals surface area contributed by atoms with E-state index in [0.717, 1.165) is 47.4 Å². The minimum Gasteiger partial charge on any atom is -0.378 e. The van der Waals surface area contributed by atoms with E-state index in [9.17, 15) is 9.59 Å². The predicted molar refractivity (Wildman–Crippen MR) is 120 cm³/mol.